The molecule has 0 aromatic heterocycles. The fourth-order valence-corrected chi connectivity index (χ4v) is 4.26. The number of nitrogens with one attached hydrogen (secondary N) is 2. The van der Waals surface area contributed by atoms with Crippen LogP contribution >= 0.6 is 24.0 Å². The van der Waals surface area contributed by atoms with Crippen molar-refractivity contribution in [2.45, 2.75) is 39.3 Å². The summed E-state index contributed by atoms with van der Waals surface area (Å²) in [5.41, 5.74) is 2.73. The molecule has 7 heteroatoms. The van der Waals surface area contributed by atoms with Crippen molar-refractivity contribution in [3.8, 4) is 0 Å². The summed E-state index contributed by atoms with van der Waals surface area (Å²) in [5, 5.41) is 7.07. The van der Waals surface area contributed by atoms with Crippen molar-refractivity contribution in [3.05, 3.63) is 35.4 Å². The Morgan fingerprint density at radius 2 is 1.73 bits per heavy atom. The summed E-state index contributed by atoms with van der Waals surface area (Å²) in [6.45, 7) is 12.5. The highest BCUT2D eigenvalue weighted by molar-refractivity contribution is 14.0. The Kier molecular flexibility index (Phi) is 12.0. The van der Waals surface area contributed by atoms with Gasteiger partial charge in [-0.2, -0.15) is 0 Å². The van der Waals surface area contributed by atoms with Crippen LogP contribution in [0.3, 0.4) is 0 Å². The third kappa shape index (κ3) is 8.32. The average Bonchev–Trinajstić information content (AvgIpc) is 2.77. The standard InChI is InChI=1S/C23H39N5O.HI/c1-3-10-27-11-8-20(9-12-27)17-25-23(24-2)26-18-21-6-4-5-7-22(21)19-28-13-15-29-16-14-28;/h4-7,20H,3,8-19H2,1-2H3,(H2,24,25,26);1H. The van der Waals surface area contributed by atoms with Crippen molar-refractivity contribution in [1.29, 1.82) is 0 Å². The Hall–Kier alpha value is -0.900. The van der Waals surface area contributed by atoms with Crippen molar-refractivity contribution in [1.82, 2.24) is 20.4 Å². The van der Waals surface area contributed by atoms with Crippen LogP contribution in [0.1, 0.15) is 37.3 Å². The molecule has 30 heavy (non-hydrogen) atoms. The minimum Gasteiger partial charge on any atom is -0.379 e. The van der Waals surface area contributed by atoms with Gasteiger partial charge >= 0.3 is 0 Å². The number of guanidine groups is 1. The number of benzene rings is 1. The highest BCUT2D eigenvalue weighted by Crippen LogP contribution is 2.16. The van der Waals surface area contributed by atoms with Gasteiger partial charge < -0.3 is 20.3 Å². The molecule has 2 saturated heterocycles. The molecule has 2 aliphatic heterocycles. The molecular weight excluding hydrogens is 489 g/mol. The number of likely N-dealkylation sites (tertiary alicyclic amines) is 1. The van der Waals surface area contributed by atoms with Gasteiger partial charge in [-0.15, -0.1) is 24.0 Å². The van der Waals surface area contributed by atoms with E-state index < -0.39 is 0 Å². The Bertz CT molecular complexity index is 628. The lowest BCUT2D eigenvalue weighted by Crippen LogP contribution is -2.42. The van der Waals surface area contributed by atoms with Crippen molar-refractivity contribution < 1.29 is 4.74 Å². The normalized spacial score (nSPS) is 19.3. The van der Waals surface area contributed by atoms with Crippen molar-refractivity contribution in [2.24, 2.45) is 10.9 Å². The average molecular weight is 530 g/mol. The first kappa shape index (κ1) is 25.4. The van der Waals surface area contributed by atoms with Gasteiger partial charge in [0, 0.05) is 39.8 Å². The lowest BCUT2D eigenvalue weighted by molar-refractivity contribution is 0.0341. The number of piperidine rings is 1. The zero-order valence-corrected chi connectivity index (χ0v) is 21.1. The highest BCUT2D eigenvalue weighted by atomic mass is 127. The molecule has 170 valence electrons. The molecule has 0 aliphatic carbocycles. The van der Waals surface area contributed by atoms with Gasteiger partial charge in [-0.05, 0) is 55.9 Å². The Morgan fingerprint density at radius 3 is 2.40 bits per heavy atom. The summed E-state index contributed by atoms with van der Waals surface area (Å²) < 4.78 is 5.48. The maximum atomic E-state index is 5.48. The number of morpholine rings is 1. The number of ether oxygens (including phenoxy) is 1. The number of aliphatic imine (C=N–C) groups is 1. The van der Waals surface area contributed by atoms with Gasteiger partial charge in [-0.3, -0.25) is 9.89 Å². The molecule has 2 heterocycles. The van der Waals surface area contributed by atoms with E-state index in [-0.39, 0.29) is 24.0 Å². The molecule has 0 atom stereocenters. The van der Waals surface area contributed by atoms with Crippen LogP contribution < -0.4 is 10.6 Å². The molecule has 0 saturated carbocycles. The van der Waals surface area contributed by atoms with Crippen LogP contribution in [0, 0.1) is 5.92 Å². The van der Waals surface area contributed by atoms with Crippen LogP contribution in [0.4, 0.5) is 0 Å². The third-order valence-corrected chi connectivity index (χ3v) is 6.09. The van der Waals surface area contributed by atoms with Crippen LogP contribution in [0.2, 0.25) is 0 Å². The molecule has 0 spiro atoms. The van der Waals surface area contributed by atoms with Gasteiger partial charge in [0.25, 0.3) is 0 Å². The summed E-state index contributed by atoms with van der Waals surface area (Å²) in [5.74, 6) is 1.65. The topological polar surface area (TPSA) is 52.1 Å². The number of rotatable bonds is 8. The minimum absolute atomic E-state index is 0. The van der Waals surface area contributed by atoms with Crippen LogP contribution in [0.5, 0.6) is 0 Å². The molecule has 1 aromatic rings. The second-order valence-corrected chi connectivity index (χ2v) is 8.25. The fourth-order valence-electron chi connectivity index (χ4n) is 4.26. The quantitative estimate of drug-likeness (QED) is 0.308. The third-order valence-electron chi connectivity index (χ3n) is 6.09. The summed E-state index contributed by atoms with van der Waals surface area (Å²) in [6, 6.07) is 8.73. The number of hydrogen-bond acceptors (Lipinski definition) is 4. The molecule has 0 amide bonds. The molecule has 0 radical (unpaired) electrons. The first-order valence-corrected chi connectivity index (χ1v) is 11.3. The van der Waals surface area contributed by atoms with Crippen LogP contribution in [-0.2, 0) is 17.8 Å². The van der Waals surface area contributed by atoms with Gasteiger partial charge in [-0.25, -0.2) is 0 Å². The first-order valence-electron chi connectivity index (χ1n) is 11.3. The molecule has 2 fully saturated rings. The Balaban J connectivity index is 0.00000320. The van der Waals surface area contributed by atoms with E-state index in [4.69, 9.17) is 4.74 Å². The smallest absolute Gasteiger partial charge is 0.191 e. The number of nitrogens with zero attached hydrogens (tertiary/aromatic N) is 3. The lowest BCUT2D eigenvalue weighted by atomic mass is 9.97. The minimum atomic E-state index is 0. The predicted molar refractivity (Wildman–Crippen MR) is 136 cm³/mol. The predicted octanol–water partition coefficient (Wildman–Crippen LogP) is 2.92. The van der Waals surface area contributed by atoms with E-state index in [0.29, 0.717) is 0 Å². The second kappa shape index (κ2) is 14.2. The fraction of sp³-hybridized carbons (Fsp3) is 0.696. The van der Waals surface area contributed by atoms with E-state index in [1.54, 1.807) is 0 Å². The van der Waals surface area contributed by atoms with E-state index in [1.165, 1.54) is 50.0 Å². The maximum Gasteiger partial charge on any atom is 0.191 e. The van der Waals surface area contributed by atoms with E-state index in [0.717, 1.165) is 57.8 Å². The summed E-state index contributed by atoms with van der Waals surface area (Å²) >= 11 is 0. The largest absolute Gasteiger partial charge is 0.379 e. The van der Waals surface area contributed by atoms with Gasteiger partial charge in [0.2, 0.25) is 0 Å². The molecule has 0 unspecified atom stereocenters. The second-order valence-electron chi connectivity index (χ2n) is 8.25. The summed E-state index contributed by atoms with van der Waals surface area (Å²) in [7, 11) is 1.86. The van der Waals surface area contributed by atoms with Gasteiger partial charge in [0.1, 0.15) is 0 Å². The van der Waals surface area contributed by atoms with Crippen molar-refractivity contribution >= 4 is 29.9 Å². The molecule has 3 rings (SSSR count). The van der Waals surface area contributed by atoms with E-state index in [2.05, 4.69) is 56.6 Å². The molecule has 0 bridgehead atoms. The Morgan fingerprint density at radius 1 is 1.03 bits per heavy atom. The first-order chi connectivity index (χ1) is 14.3. The summed E-state index contributed by atoms with van der Waals surface area (Å²) in [4.78, 5) is 9.50. The monoisotopic (exact) mass is 529 g/mol. The zero-order valence-electron chi connectivity index (χ0n) is 18.7. The molecular formula is C23H40IN5O. The molecule has 1 aromatic carbocycles. The van der Waals surface area contributed by atoms with Crippen molar-refractivity contribution in [3.63, 3.8) is 0 Å². The lowest BCUT2D eigenvalue weighted by Gasteiger charge is -2.32. The summed E-state index contributed by atoms with van der Waals surface area (Å²) in [6.07, 6.45) is 3.82. The maximum absolute atomic E-state index is 5.48. The van der Waals surface area contributed by atoms with E-state index >= 15 is 0 Å². The van der Waals surface area contributed by atoms with Crippen LogP contribution in [0.15, 0.2) is 29.3 Å². The van der Waals surface area contributed by atoms with Crippen LogP contribution in [-0.4, -0.2) is 75.3 Å². The number of hydrogen-bond donors (Lipinski definition) is 2. The SMILES string of the molecule is CCCN1CCC(CNC(=NC)NCc2ccccc2CN2CCOCC2)CC1.I. The molecule has 2 N–H and O–H groups in total. The van der Waals surface area contributed by atoms with Gasteiger partial charge in [0.05, 0.1) is 13.2 Å². The molecule has 2 aliphatic rings. The van der Waals surface area contributed by atoms with Crippen molar-refractivity contribution in [2.75, 3.05) is 59.5 Å². The van der Waals surface area contributed by atoms with E-state index in [1.807, 2.05) is 7.05 Å². The van der Waals surface area contributed by atoms with Gasteiger partial charge in [0.15, 0.2) is 5.96 Å². The molecule has 6 nitrogen and oxygen atoms in total. The van der Waals surface area contributed by atoms with Gasteiger partial charge in [-0.1, -0.05) is 31.2 Å². The zero-order chi connectivity index (χ0) is 20.3. The Labute approximate surface area is 199 Å². The van der Waals surface area contributed by atoms with Crippen LogP contribution in [0.25, 0.3) is 0 Å². The van der Waals surface area contributed by atoms with E-state index in [9.17, 15) is 0 Å². The number of halogens is 1. The highest BCUT2D eigenvalue weighted by Gasteiger charge is 2.18.